The molecule has 2 amide bonds. The summed E-state index contributed by atoms with van der Waals surface area (Å²) in [5.41, 5.74) is -1.89. The Kier molecular flexibility index (Phi) is 8.45. The molecule has 3 fully saturated rings. The average Bonchev–Trinajstić information content (AvgIpc) is 3.31. The number of amides is 2. The van der Waals surface area contributed by atoms with Gasteiger partial charge in [0.15, 0.2) is 0 Å². The quantitative estimate of drug-likeness (QED) is 0.248. The van der Waals surface area contributed by atoms with Crippen molar-refractivity contribution in [3.63, 3.8) is 0 Å². The van der Waals surface area contributed by atoms with Gasteiger partial charge >= 0.3 is 5.97 Å². The number of aliphatic hydroxyl groups is 1. The highest BCUT2D eigenvalue weighted by Crippen LogP contribution is 2.65. The van der Waals surface area contributed by atoms with E-state index in [1.165, 1.54) is 0 Å². The Morgan fingerprint density at radius 1 is 1.29 bits per heavy atom. The van der Waals surface area contributed by atoms with E-state index in [0.717, 1.165) is 19.3 Å². The fourth-order valence-corrected chi connectivity index (χ4v) is 6.39. The number of unbranched alkanes of at least 4 members (excludes halogenated alkanes) is 3. The van der Waals surface area contributed by atoms with Crippen LogP contribution in [-0.4, -0.2) is 82.8 Å². The number of carbonyl (C=O) groups excluding carboxylic acids is 3. The van der Waals surface area contributed by atoms with Crippen molar-refractivity contribution >= 4 is 17.8 Å². The van der Waals surface area contributed by atoms with Gasteiger partial charge in [-0.25, -0.2) is 0 Å². The molecule has 2 bridgehead atoms. The van der Waals surface area contributed by atoms with E-state index in [4.69, 9.17) is 14.6 Å². The third-order valence-electron chi connectivity index (χ3n) is 8.09. The van der Waals surface area contributed by atoms with Crippen LogP contribution >= 0.6 is 0 Å². The van der Waals surface area contributed by atoms with E-state index in [1.807, 2.05) is 13.8 Å². The van der Waals surface area contributed by atoms with Crippen LogP contribution < -0.4 is 0 Å². The molecule has 0 aliphatic carbocycles. The molecular formula is C26H42N2O6. The van der Waals surface area contributed by atoms with Crippen LogP contribution in [0.3, 0.4) is 0 Å². The van der Waals surface area contributed by atoms with Crippen molar-refractivity contribution in [1.29, 1.82) is 0 Å². The molecule has 0 aromatic carbocycles. The maximum atomic E-state index is 14.1. The summed E-state index contributed by atoms with van der Waals surface area (Å²) in [5, 5.41) is 9.16. The maximum absolute atomic E-state index is 14.1. The summed E-state index contributed by atoms with van der Waals surface area (Å²) >= 11 is 0. The minimum absolute atomic E-state index is 0.000842. The molecule has 3 saturated heterocycles. The molecule has 3 heterocycles. The van der Waals surface area contributed by atoms with Crippen LogP contribution in [-0.2, 0) is 23.9 Å². The number of carbonyl (C=O) groups is 3. The predicted molar refractivity (Wildman–Crippen MR) is 128 cm³/mol. The van der Waals surface area contributed by atoms with Gasteiger partial charge in [0, 0.05) is 26.2 Å². The summed E-state index contributed by atoms with van der Waals surface area (Å²) in [4.78, 5) is 44.5. The molecule has 192 valence electrons. The van der Waals surface area contributed by atoms with E-state index in [-0.39, 0.29) is 30.9 Å². The topological polar surface area (TPSA) is 96.4 Å². The zero-order valence-electron chi connectivity index (χ0n) is 21.3. The molecule has 1 N–H and O–H groups in total. The Hall–Kier alpha value is -1.93. The SMILES string of the molecule is C=CCN(CCCC)C(=O)C1N(CCCCCO)C(=O)[C@@H]2[C@@H](C(=O)OCC)[C@]3(C)OC12CC3C. The van der Waals surface area contributed by atoms with Gasteiger partial charge in [-0.2, -0.15) is 0 Å². The molecule has 0 saturated carbocycles. The largest absolute Gasteiger partial charge is 0.466 e. The molecule has 0 aromatic heterocycles. The predicted octanol–water partition coefficient (Wildman–Crippen LogP) is 2.54. The first-order valence-electron chi connectivity index (χ1n) is 12.9. The maximum Gasteiger partial charge on any atom is 0.312 e. The second-order valence-electron chi connectivity index (χ2n) is 10.2. The zero-order valence-corrected chi connectivity index (χ0v) is 21.3. The Labute approximate surface area is 203 Å². The fraction of sp³-hybridized carbons (Fsp3) is 0.808. The van der Waals surface area contributed by atoms with Crippen molar-refractivity contribution in [2.45, 2.75) is 83.5 Å². The van der Waals surface area contributed by atoms with Crippen molar-refractivity contribution in [2.75, 3.05) is 32.8 Å². The Morgan fingerprint density at radius 3 is 2.65 bits per heavy atom. The monoisotopic (exact) mass is 478 g/mol. The molecule has 0 aromatic rings. The number of esters is 1. The molecule has 8 nitrogen and oxygen atoms in total. The normalized spacial score (nSPS) is 33.8. The lowest BCUT2D eigenvalue weighted by Gasteiger charge is -2.37. The van der Waals surface area contributed by atoms with Crippen LogP contribution in [0.4, 0.5) is 0 Å². The van der Waals surface area contributed by atoms with Crippen LogP contribution in [0.15, 0.2) is 12.7 Å². The number of nitrogens with zero attached hydrogens (tertiary/aromatic N) is 2. The number of rotatable bonds is 13. The summed E-state index contributed by atoms with van der Waals surface area (Å²) in [6.07, 6.45) is 6.13. The number of likely N-dealkylation sites (tertiary alicyclic amines) is 1. The van der Waals surface area contributed by atoms with Gasteiger partial charge < -0.3 is 24.4 Å². The number of hydrogen-bond acceptors (Lipinski definition) is 6. The lowest BCUT2D eigenvalue weighted by Crippen LogP contribution is -2.56. The van der Waals surface area contributed by atoms with Gasteiger partial charge in [0.25, 0.3) is 0 Å². The van der Waals surface area contributed by atoms with Gasteiger partial charge in [0.05, 0.1) is 18.1 Å². The van der Waals surface area contributed by atoms with E-state index in [0.29, 0.717) is 38.9 Å². The van der Waals surface area contributed by atoms with E-state index in [9.17, 15) is 14.4 Å². The summed E-state index contributed by atoms with van der Waals surface area (Å²) in [6.45, 7) is 13.3. The van der Waals surface area contributed by atoms with Gasteiger partial charge in [-0.15, -0.1) is 6.58 Å². The summed E-state index contributed by atoms with van der Waals surface area (Å²) in [6, 6.07) is -0.778. The van der Waals surface area contributed by atoms with Gasteiger partial charge in [0.1, 0.15) is 17.6 Å². The summed E-state index contributed by atoms with van der Waals surface area (Å²) in [5.74, 6) is -2.20. The molecule has 3 rings (SSSR count). The van der Waals surface area contributed by atoms with Crippen molar-refractivity contribution < 1.29 is 29.0 Å². The van der Waals surface area contributed by atoms with Crippen LogP contribution in [0, 0.1) is 17.8 Å². The standard InChI is InChI=1S/C26H42N2O6/c1-6-9-14-27(13-7-2)23(31)21-26-17-18(4)25(5,34-26)20(24(32)33-8-3)19(26)22(30)28(21)15-11-10-12-16-29/h7,18-21,29H,2,6,8-17H2,1,3-5H3/t18?,19-,20-,21?,25+,26?/m0/s1. The van der Waals surface area contributed by atoms with Gasteiger partial charge in [-0.3, -0.25) is 14.4 Å². The van der Waals surface area contributed by atoms with Crippen LogP contribution in [0.2, 0.25) is 0 Å². The van der Waals surface area contributed by atoms with Gasteiger partial charge in [0.2, 0.25) is 11.8 Å². The second kappa shape index (κ2) is 10.8. The third kappa shape index (κ3) is 4.28. The van der Waals surface area contributed by atoms with Crippen LogP contribution in [0.5, 0.6) is 0 Å². The van der Waals surface area contributed by atoms with Crippen molar-refractivity contribution in [3.05, 3.63) is 12.7 Å². The minimum Gasteiger partial charge on any atom is -0.466 e. The third-order valence-corrected chi connectivity index (χ3v) is 8.09. The number of hydrogen-bond donors (Lipinski definition) is 1. The van der Waals surface area contributed by atoms with Crippen molar-refractivity contribution in [1.82, 2.24) is 9.80 Å². The highest BCUT2D eigenvalue weighted by atomic mass is 16.6. The molecule has 3 aliphatic heterocycles. The van der Waals surface area contributed by atoms with E-state index >= 15 is 0 Å². The minimum atomic E-state index is -1.04. The Bertz CT molecular complexity index is 787. The first-order chi connectivity index (χ1) is 16.2. The summed E-state index contributed by atoms with van der Waals surface area (Å²) in [7, 11) is 0. The van der Waals surface area contributed by atoms with Crippen molar-refractivity contribution in [2.24, 2.45) is 17.8 Å². The molecule has 3 aliphatic rings. The second-order valence-corrected chi connectivity index (χ2v) is 10.2. The smallest absolute Gasteiger partial charge is 0.312 e. The van der Waals surface area contributed by atoms with E-state index < -0.39 is 35.0 Å². The van der Waals surface area contributed by atoms with E-state index in [1.54, 1.807) is 22.8 Å². The molecule has 1 spiro atoms. The van der Waals surface area contributed by atoms with Crippen LogP contribution in [0.1, 0.15) is 66.2 Å². The average molecular weight is 479 g/mol. The number of ether oxygens (including phenoxy) is 2. The highest BCUT2D eigenvalue weighted by molar-refractivity contribution is 5.98. The Balaban J connectivity index is 2.03. The molecule has 0 radical (unpaired) electrons. The zero-order chi connectivity index (χ0) is 25.1. The summed E-state index contributed by atoms with van der Waals surface area (Å²) < 4.78 is 12.1. The Morgan fingerprint density at radius 2 is 2.03 bits per heavy atom. The van der Waals surface area contributed by atoms with Gasteiger partial charge in [-0.1, -0.05) is 26.3 Å². The van der Waals surface area contributed by atoms with Crippen molar-refractivity contribution in [3.8, 4) is 0 Å². The number of fused-ring (bicyclic) bond motifs is 1. The first kappa shape index (κ1) is 26.7. The highest BCUT2D eigenvalue weighted by Gasteiger charge is 2.80. The lowest BCUT2D eigenvalue weighted by molar-refractivity contribution is -0.161. The molecule has 6 atom stereocenters. The molecule has 8 heteroatoms. The van der Waals surface area contributed by atoms with Gasteiger partial charge in [-0.05, 0) is 51.9 Å². The first-order valence-corrected chi connectivity index (χ1v) is 12.9. The lowest BCUT2D eigenvalue weighted by atomic mass is 9.62. The molecule has 3 unspecified atom stereocenters. The molecular weight excluding hydrogens is 436 g/mol. The van der Waals surface area contributed by atoms with Crippen LogP contribution in [0.25, 0.3) is 0 Å². The molecule has 34 heavy (non-hydrogen) atoms. The number of aliphatic hydroxyl groups excluding tert-OH is 1. The fourth-order valence-electron chi connectivity index (χ4n) is 6.39. The van der Waals surface area contributed by atoms with E-state index in [2.05, 4.69) is 13.5 Å².